The van der Waals surface area contributed by atoms with Crippen molar-refractivity contribution < 1.29 is 22.7 Å². The van der Waals surface area contributed by atoms with Gasteiger partial charge in [-0.3, -0.25) is 9.59 Å². The summed E-state index contributed by atoms with van der Waals surface area (Å²) in [5.74, 6) is -2.04. The van der Waals surface area contributed by atoms with Crippen molar-refractivity contribution in [1.82, 2.24) is 4.98 Å². The highest BCUT2D eigenvalue weighted by molar-refractivity contribution is 6.04. The Morgan fingerprint density at radius 1 is 1.41 bits per heavy atom. The van der Waals surface area contributed by atoms with E-state index in [-0.39, 0.29) is 27.9 Å². The summed E-state index contributed by atoms with van der Waals surface area (Å²) in [6.45, 7) is 0. The third-order valence-corrected chi connectivity index (χ3v) is 2.85. The van der Waals surface area contributed by atoms with Gasteiger partial charge in [0.2, 0.25) is 5.43 Å². The summed E-state index contributed by atoms with van der Waals surface area (Å²) in [5.41, 5.74) is -1.40. The van der Waals surface area contributed by atoms with E-state index in [1.165, 1.54) is 13.2 Å². The summed E-state index contributed by atoms with van der Waals surface area (Å²) < 4.78 is 42.0. The molecule has 2 rings (SSSR count). The fraction of sp³-hybridized carbons (Fsp3) is 0.154. The summed E-state index contributed by atoms with van der Waals surface area (Å²) in [4.78, 5) is 25.8. The van der Waals surface area contributed by atoms with Crippen LogP contribution in [0.3, 0.4) is 0 Å². The van der Waals surface area contributed by atoms with Crippen molar-refractivity contribution in [1.29, 1.82) is 5.26 Å². The van der Waals surface area contributed by atoms with Crippen LogP contribution in [0.25, 0.3) is 10.9 Å². The number of hydrogen-bond acceptors (Lipinski definition) is 4. The van der Waals surface area contributed by atoms with Gasteiger partial charge in [-0.1, -0.05) is 0 Å². The SMILES string of the molecule is COc1ccc(NC(=O)C(F)(F)F)c2c(=O)c(C#N)c[nH]c12. The molecule has 1 heterocycles. The average molecular weight is 311 g/mol. The van der Waals surface area contributed by atoms with Crippen LogP contribution in [0.4, 0.5) is 18.9 Å². The molecule has 114 valence electrons. The Labute approximate surface area is 121 Å². The molecule has 9 heteroatoms. The molecule has 0 unspecified atom stereocenters. The number of H-pyrrole nitrogens is 1. The van der Waals surface area contributed by atoms with E-state index < -0.39 is 17.5 Å². The maximum atomic E-state index is 12.4. The molecule has 22 heavy (non-hydrogen) atoms. The molecule has 0 fully saturated rings. The van der Waals surface area contributed by atoms with Crippen LogP contribution in [0.15, 0.2) is 23.1 Å². The minimum Gasteiger partial charge on any atom is -0.495 e. The zero-order chi connectivity index (χ0) is 16.5. The Hall–Kier alpha value is -3.02. The number of nitrogens with zero attached hydrogens (tertiary/aromatic N) is 1. The minimum atomic E-state index is -5.11. The lowest BCUT2D eigenvalue weighted by molar-refractivity contribution is -0.167. The second-order valence-corrected chi connectivity index (χ2v) is 4.16. The van der Waals surface area contributed by atoms with Crippen LogP contribution in [0.5, 0.6) is 5.75 Å². The number of pyridine rings is 1. The molecule has 1 aromatic carbocycles. The minimum absolute atomic E-state index is 0.0754. The van der Waals surface area contributed by atoms with Gasteiger partial charge < -0.3 is 15.0 Å². The van der Waals surface area contributed by atoms with Crippen molar-refractivity contribution in [3.63, 3.8) is 0 Å². The highest BCUT2D eigenvalue weighted by Gasteiger charge is 2.39. The first-order valence-corrected chi connectivity index (χ1v) is 5.80. The quantitative estimate of drug-likeness (QED) is 0.885. The van der Waals surface area contributed by atoms with Crippen LogP contribution in [0.1, 0.15) is 5.56 Å². The number of methoxy groups -OCH3 is 1. The molecule has 0 aliphatic carbocycles. The molecule has 0 aliphatic rings. The van der Waals surface area contributed by atoms with Crippen molar-refractivity contribution in [3.05, 3.63) is 34.1 Å². The maximum Gasteiger partial charge on any atom is 0.471 e. The van der Waals surface area contributed by atoms with Gasteiger partial charge in [0.1, 0.15) is 17.4 Å². The summed E-state index contributed by atoms with van der Waals surface area (Å²) >= 11 is 0. The van der Waals surface area contributed by atoms with Gasteiger partial charge in [0.25, 0.3) is 0 Å². The second kappa shape index (κ2) is 5.40. The standard InChI is InChI=1S/C13H8F3N3O3/c1-22-8-3-2-7(19-12(21)13(14,15)16)9-10(8)18-5-6(4-17)11(9)20/h2-3,5H,1H3,(H,18,20)(H,19,21). The summed E-state index contributed by atoms with van der Waals surface area (Å²) in [6.07, 6.45) is -3.99. The first-order chi connectivity index (χ1) is 10.3. The highest BCUT2D eigenvalue weighted by atomic mass is 19.4. The van der Waals surface area contributed by atoms with Gasteiger partial charge in [-0.05, 0) is 12.1 Å². The summed E-state index contributed by atoms with van der Waals surface area (Å²) in [7, 11) is 1.30. The lowest BCUT2D eigenvalue weighted by Crippen LogP contribution is -2.30. The first-order valence-electron chi connectivity index (χ1n) is 5.80. The van der Waals surface area contributed by atoms with Crippen molar-refractivity contribution >= 4 is 22.5 Å². The molecule has 0 bridgehead atoms. The number of carbonyl (C=O) groups excluding carboxylic acids is 1. The Morgan fingerprint density at radius 3 is 2.64 bits per heavy atom. The number of rotatable bonds is 2. The number of amides is 1. The molecule has 1 aromatic heterocycles. The Kier molecular flexibility index (Phi) is 3.77. The van der Waals surface area contributed by atoms with Gasteiger partial charge in [0.05, 0.1) is 23.7 Å². The number of aromatic nitrogens is 1. The first kappa shape index (κ1) is 15.4. The molecule has 0 spiro atoms. The van der Waals surface area contributed by atoms with E-state index in [0.29, 0.717) is 0 Å². The number of nitriles is 1. The van der Waals surface area contributed by atoms with Crippen molar-refractivity contribution in [2.45, 2.75) is 6.18 Å². The Morgan fingerprint density at radius 2 is 2.09 bits per heavy atom. The zero-order valence-electron chi connectivity index (χ0n) is 11.0. The number of ether oxygens (including phenoxy) is 1. The lowest BCUT2D eigenvalue weighted by atomic mass is 10.1. The molecule has 1 amide bonds. The topological polar surface area (TPSA) is 95.0 Å². The number of halogens is 3. The maximum absolute atomic E-state index is 12.4. The number of nitrogens with one attached hydrogen (secondary N) is 2. The molecule has 0 saturated heterocycles. The number of hydrogen-bond donors (Lipinski definition) is 2. The average Bonchev–Trinajstić information content (AvgIpc) is 2.46. The van der Waals surface area contributed by atoms with E-state index in [2.05, 4.69) is 4.98 Å². The molecule has 0 atom stereocenters. The fourth-order valence-electron chi connectivity index (χ4n) is 1.86. The predicted molar refractivity (Wildman–Crippen MR) is 70.5 cm³/mol. The van der Waals surface area contributed by atoms with Crippen LogP contribution >= 0.6 is 0 Å². The van der Waals surface area contributed by atoms with Gasteiger partial charge >= 0.3 is 12.1 Å². The number of benzene rings is 1. The molecule has 2 N–H and O–H groups in total. The monoisotopic (exact) mass is 311 g/mol. The van der Waals surface area contributed by atoms with Crippen LogP contribution in [-0.2, 0) is 4.79 Å². The van der Waals surface area contributed by atoms with E-state index in [1.807, 2.05) is 0 Å². The van der Waals surface area contributed by atoms with Crippen LogP contribution in [0, 0.1) is 11.3 Å². The molecule has 0 aliphatic heterocycles. The molecular weight excluding hydrogens is 303 g/mol. The van der Waals surface area contributed by atoms with Crippen molar-refractivity contribution in [3.8, 4) is 11.8 Å². The molecule has 6 nitrogen and oxygen atoms in total. The van der Waals surface area contributed by atoms with E-state index >= 15 is 0 Å². The number of carbonyl (C=O) groups is 1. The zero-order valence-corrected chi connectivity index (χ0v) is 11.0. The predicted octanol–water partition coefficient (Wildman–Crippen LogP) is 1.91. The Bertz CT molecular complexity index is 850. The van der Waals surface area contributed by atoms with Gasteiger partial charge in [-0.2, -0.15) is 18.4 Å². The molecule has 2 aromatic rings. The molecule has 0 radical (unpaired) electrons. The van der Waals surface area contributed by atoms with Gasteiger partial charge in [-0.25, -0.2) is 0 Å². The smallest absolute Gasteiger partial charge is 0.471 e. The number of aromatic amines is 1. The number of fused-ring (bicyclic) bond motifs is 1. The van der Waals surface area contributed by atoms with Crippen LogP contribution in [-0.4, -0.2) is 24.2 Å². The third-order valence-electron chi connectivity index (χ3n) is 2.85. The van der Waals surface area contributed by atoms with Crippen LogP contribution < -0.4 is 15.5 Å². The normalized spacial score (nSPS) is 11.0. The molecular formula is C13H8F3N3O3. The van der Waals surface area contributed by atoms with Crippen molar-refractivity contribution in [2.24, 2.45) is 0 Å². The summed E-state index contributed by atoms with van der Waals surface area (Å²) in [5, 5.41) is 10.2. The lowest BCUT2D eigenvalue weighted by Gasteiger charge is -2.12. The van der Waals surface area contributed by atoms with E-state index in [0.717, 1.165) is 12.3 Å². The number of anilines is 1. The molecule has 0 saturated carbocycles. The largest absolute Gasteiger partial charge is 0.495 e. The van der Waals surface area contributed by atoms with E-state index in [1.54, 1.807) is 11.4 Å². The summed E-state index contributed by atoms with van der Waals surface area (Å²) in [6, 6.07) is 4.00. The Balaban J connectivity index is 2.73. The highest BCUT2D eigenvalue weighted by Crippen LogP contribution is 2.29. The fourth-order valence-corrected chi connectivity index (χ4v) is 1.86. The van der Waals surface area contributed by atoms with Gasteiger partial charge in [-0.15, -0.1) is 0 Å². The van der Waals surface area contributed by atoms with Gasteiger partial charge in [0.15, 0.2) is 0 Å². The van der Waals surface area contributed by atoms with Crippen molar-refractivity contribution in [2.75, 3.05) is 12.4 Å². The van der Waals surface area contributed by atoms with Crippen LogP contribution in [0.2, 0.25) is 0 Å². The van der Waals surface area contributed by atoms with E-state index in [4.69, 9.17) is 10.00 Å². The second-order valence-electron chi connectivity index (χ2n) is 4.16. The van der Waals surface area contributed by atoms with Gasteiger partial charge in [0, 0.05) is 6.20 Å². The van der Waals surface area contributed by atoms with E-state index in [9.17, 15) is 22.8 Å². The third kappa shape index (κ3) is 2.58. The number of alkyl halides is 3.